The highest BCUT2D eigenvalue weighted by atomic mass is 127. The van der Waals surface area contributed by atoms with E-state index in [4.69, 9.17) is 4.99 Å². The summed E-state index contributed by atoms with van der Waals surface area (Å²) in [4.78, 5) is 11.3. The molecule has 0 aliphatic rings. The quantitative estimate of drug-likeness (QED) is 0.324. The molecule has 1 heterocycles. The molecule has 28 heavy (non-hydrogen) atoms. The Morgan fingerprint density at radius 3 is 2.57 bits per heavy atom. The molecule has 0 saturated heterocycles. The molecule has 156 valence electrons. The molecule has 1 aromatic heterocycles. The molecule has 0 fully saturated rings. The lowest BCUT2D eigenvalue weighted by atomic mass is 9.86. The zero-order valence-electron chi connectivity index (χ0n) is 17.9. The van der Waals surface area contributed by atoms with Crippen LogP contribution in [0.4, 0.5) is 0 Å². The van der Waals surface area contributed by atoms with Crippen LogP contribution in [0.15, 0.2) is 41.7 Å². The number of guanidine groups is 1. The first-order valence-corrected chi connectivity index (χ1v) is 9.77. The molecule has 0 radical (unpaired) electrons. The number of hydrogen-bond donors (Lipinski definition) is 1. The maximum atomic E-state index is 4.89. The number of hydrogen-bond acceptors (Lipinski definition) is 3. The predicted octanol–water partition coefficient (Wildman–Crippen LogP) is 3.88. The van der Waals surface area contributed by atoms with Crippen LogP contribution in [-0.4, -0.2) is 45.8 Å². The van der Waals surface area contributed by atoms with Crippen molar-refractivity contribution in [3.63, 3.8) is 0 Å². The fraction of sp³-hybridized carbons (Fsp3) is 0.571. The molecular weight excluding hydrogens is 463 g/mol. The molecule has 0 aliphatic carbocycles. The Hall–Kier alpha value is -1.64. The van der Waals surface area contributed by atoms with Gasteiger partial charge in [0.15, 0.2) is 5.96 Å². The summed E-state index contributed by atoms with van der Waals surface area (Å²) in [5.74, 6) is 1.84. The monoisotopic (exact) mass is 498 g/mol. The minimum atomic E-state index is 0. The Labute approximate surface area is 186 Å². The first kappa shape index (κ1) is 24.4. The third-order valence-corrected chi connectivity index (χ3v) is 4.70. The normalized spacial score (nSPS) is 11.8. The second kappa shape index (κ2) is 12.0. The SMILES string of the molecule is CCNC(=NCC(C)(C)CCCc1ccccc1)N(C)Cc1ncnn1C.I. The van der Waals surface area contributed by atoms with Gasteiger partial charge in [-0.2, -0.15) is 5.10 Å². The summed E-state index contributed by atoms with van der Waals surface area (Å²) in [6.45, 7) is 9.01. The lowest BCUT2D eigenvalue weighted by Gasteiger charge is -2.26. The van der Waals surface area contributed by atoms with E-state index in [0.717, 1.165) is 37.7 Å². The smallest absolute Gasteiger partial charge is 0.194 e. The molecule has 1 N–H and O–H groups in total. The summed E-state index contributed by atoms with van der Waals surface area (Å²) >= 11 is 0. The van der Waals surface area contributed by atoms with E-state index in [1.165, 1.54) is 12.0 Å². The summed E-state index contributed by atoms with van der Waals surface area (Å²) in [6.07, 6.45) is 5.04. The molecule has 7 heteroatoms. The molecule has 1 aromatic carbocycles. The third-order valence-electron chi connectivity index (χ3n) is 4.70. The van der Waals surface area contributed by atoms with Gasteiger partial charge in [-0.1, -0.05) is 44.2 Å². The van der Waals surface area contributed by atoms with E-state index in [1.807, 2.05) is 14.1 Å². The van der Waals surface area contributed by atoms with Crippen LogP contribution >= 0.6 is 24.0 Å². The maximum Gasteiger partial charge on any atom is 0.194 e. The van der Waals surface area contributed by atoms with Crippen molar-refractivity contribution in [2.45, 2.75) is 46.6 Å². The van der Waals surface area contributed by atoms with Crippen molar-refractivity contribution >= 4 is 29.9 Å². The standard InChI is InChI=1S/C21H34N6.HI/c1-6-22-20(26(4)15-19-24-17-25-27(19)5)23-16-21(2,3)14-10-13-18-11-8-7-9-12-18;/h7-9,11-12,17H,6,10,13-16H2,1-5H3,(H,22,23);1H. The van der Waals surface area contributed by atoms with E-state index >= 15 is 0 Å². The van der Waals surface area contributed by atoms with Gasteiger partial charge in [0, 0.05) is 27.2 Å². The Kier molecular flexibility index (Phi) is 10.5. The van der Waals surface area contributed by atoms with Gasteiger partial charge in [0.05, 0.1) is 6.54 Å². The molecule has 0 bridgehead atoms. The number of nitrogens with one attached hydrogen (secondary N) is 1. The molecule has 0 atom stereocenters. The first-order chi connectivity index (χ1) is 12.9. The van der Waals surface area contributed by atoms with E-state index in [9.17, 15) is 0 Å². The Bertz CT molecular complexity index is 711. The zero-order valence-corrected chi connectivity index (χ0v) is 20.2. The summed E-state index contributed by atoms with van der Waals surface area (Å²) in [6, 6.07) is 10.7. The van der Waals surface area contributed by atoms with E-state index < -0.39 is 0 Å². The van der Waals surface area contributed by atoms with Crippen LogP contribution in [0.5, 0.6) is 0 Å². The highest BCUT2D eigenvalue weighted by molar-refractivity contribution is 14.0. The van der Waals surface area contributed by atoms with Gasteiger partial charge in [0.1, 0.15) is 12.2 Å². The van der Waals surface area contributed by atoms with Crippen LogP contribution in [0.25, 0.3) is 0 Å². The Morgan fingerprint density at radius 2 is 1.96 bits per heavy atom. The fourth-order valence-corrected chi connectivity index (χ4v) is 3.00. The van der Waals surface area contributed by atoms with Crippen molar-refractivity contribution in [3.8, 4) is 0 Å². The molecule has 0 unspecified atom stereocenters. The number of aromatic nitrogens is 3. The van der Waals surface area contributed by atoms with Gasteiger partial charge < -0.3 is 10.2 Å². The van der Waals surface area contributed by atoms with Crippen LogP contribution in [0.3, 0.4) is 0 Å². The van der Waals surface area contributed by atoms with Crippen molar-refractivity contribution in [1.82, 2.24) is 25.0 Å². The van der Waals surface area contributed by atoms with Crippen LogP contribution in [0.1, 0.15) is 45.0 Å². The van der Waals surface area contributed by atoms with Crippen molar-refractivity contribution < 1.29 is 0 Å². The van der Waals surface area contributed by atoms with Gasteiger partial charge in [0.2, 0.25) is 0 Å². The van der Waals surface area contributed by atoms with Gasteiger partial charge >= 0.3 is 0 Å². The lowest BCUT2D eigenvalue weighted by molar-refractivity contribution is 0.334. The summed E-state index contributed by atoms with van der Waals surface area (Å²) in [7, 11) is 3.95. The molecule has 0 saturated carbocycles. The van der Waals surface area contributed by atoms with E-state index in [-0.39, 0.29) is 29.4 Å². The van der Waals surface area contributed by atoms with E-state index in [0.29, 0.717) is 6.54 Å². The van der Waals surface area contributed by atoms with Gasteiger partial charge in [-0.25, -0.2) is 4.98 Å². The van der Waals surface area contributed by atoms with Crippen LogP contribution in [0, 0.1) is 5.41 Å². The maximum absolute atomic E-state index is 4.89. The minimum Gasteiger partial charge on any atom is -0.357 e. The van der Waals surface area contributed by atoms with Crippen molar-refractivity contribution in [3.05, 3.63) is 48.0 Å². The predicted molar refractivity (Wildman–Crippen MR) is 127 cm³/mol. The van der Waals surface area contributed by atoms with Crippen molar-refractivity contribution in [2.24, 2.45) is 17.5 Å². The molecule has 0 amide bonds. The first-order valence-electron chi connectivity index (χ1n) is 9.77. The van der Waals surface area contributed by atoms with Crippen LogP contribution in [-0.2, 0) is 20.0 Å². The van der Waals surface area contributed by atoms with Gasteiger partial charge in [-0.15, -0.1) is 24.0 Å². The summed E-state index contributed by atoms with van der Waals surface area (Å²) in [5.41, 5.74) is 1.58. The zero-order chi connectivity index (χ0) is 19.7. The van der Waals surface area contributed by atoms with Gasteiger partial charge in [0.25, 0.3) is 0 Å². The second-order valence-electron chi connectivity index (χ2n) is 7.83. The fourth-order valence-electron chi connectivity index (χ4n) is 3.00. The second-order valence-corrected chi connectivity index (χ2v) is 7.83. The largest absolute Gasteiger partial charge is 0.357 e. The van der Waals surface area contributed by atoms with Crippen LogP contribution in [0.2, 0.25) is 0 Å². The van der Waals surface area contributed by atoms with Gasteiger partial charge in [-0.05, 0) is 37.2 Å². The average molecular weight is 498 g/mol. The number of benzene rings is 1. The summed E-state index contributed by atoms with van der Waals surface area (Å²) < 4.78 is 1.80. The topological polar surface area (TPSA) is 58.3 Å². The molecular formula is C21H35IN6. The van der Waals surface area contributed by atoms with Crippen LogP contribution < -0.4 is 5.32 Å². The molecule has 6 nitrogen and oxygen atoms in total. The molecule has 0 aliphatic heterocycles. The summed E-state index contributed by atoms with van der Waals surface area (Å²) in [5, 5.41) is 7.52. The van der Waals surface area contributed by atoms with E-state index in [2.05, 4.69) is 71.4 Å². The number of aryl methyl sites for hydroxylation is 2. The minimum absolute atomic E-state index is 0. The third kappa shape index (κ3) is 8.16. The van der Waals surface area contributed by atoms with E-state index in [1.54, 1.807) is 11.0 Å². The highest BCUT2D eigenvalue weighted by Gasteiger charge is 2.18. The number of rotatable bonds is 9. The Morgan fingerprint density at radius 1 is 1.25 bits per heavy atom. The molecule has 0 spiro atoms. The lowest BCUT2D eigenvalue weighted by Crippen LogP contribution is -2.39. The van der Waals surface area contributed by atoms with Gasteiger partial charge in [-0.3, -0.25) is 9.67 Å². The number of halogens is 1. The van der Waals surface area contributed by atoms with Crippen molar-refractivity contribution in [1.29, 1.82) is 0 Å². The molecule has 2 aromatic rings. The number of aliphatic imine (C=N–C) groups is 1. The van der Waals surface area contributed by atoms with Crippen molar-refractivity contribution in [2.75, 3.05) is 20.1 Å². The number of nitrogens with zero attached hydrogens (tertiary/aromatic N) is 5. The molecule has 2 rings (SSSR count). The highest BCUT2D eigenvalue weighted by Crippen LogP contribution is 2.24. The average Bonchev–Trinajstić information content (AvgIpc) is 3.04. The Balaban J connectivity index is 0.00000392.